The normalized spacial score (nSPS) is 29.4. The molecular weight excluding hydrogens is 274 g/mol. The molecular formula is C18H35N3O. The molecule has 2 aliphatic rings. The summed E-state index contributed by atoms with van der Waals surface area (Å²) in [6, 6.07) is 0.412. The highest BCUT2D eigenvalue weighted by atomic mass is 16.2. The van der Waals surface area contributed by atoms with Gasteiger partial charge in [-0.2, -0.15) is 0 Å². The zero-order valence-electron chi connectivity index (χ0n) is 15.0. The van der Waals surface area contributed by atoms with Crippen molar-refractivity contribution in [2.45, 2.75) is 59.4 Å². The molecule has 3 atom stereocenters. The standard InChI is InChI=1S/C18H35N3O/c1-5-16(4)19-18(22)21-8-6-17(7-9-21)13-20-11-14(2)10-15(3)12-20/h14-17H,5-13H2,1-4H3,(H,19,22). The SMILES string of the molecule is CCC(C)NC(=O)N1CCC(CN2CC(C)CC(C)C2)CC1. The van der Waals surface area contributed by atoms with E-state index >= 15 is 0 Å². The lowest BCUT2D eigenvalue weighted by Crippen LogP contribution is -2.49. The molecule has 2 aliphatic heterocycles. The van der Waals surface area contributed by atoms with Crippen LogP contribution < -0.4 is 5.32 Å². The van der Waals surface area contributed by atoms with Crippen LogP contribution in [0.2, 0.25) is 0 Å². The predicted molar refractivity (Wildman–Crippen MR) is 92.0 cm³/mol. The van der Waals surface area contributed by atoms with Gasteiger partial charge < -0.3 is 15.1 Å². The van der Waals surface area contributed by atoms with Gasteiger partial charge in [0.1, 0.15) is 0 Å². The lowest BCUT2D eigenvalue weighted by Gasteiger charge is -2.39. The number of carbonyl (C=O) groups is 1. The Labute approximate surface area is 136 Å². The van der Waals surface area contributed by atoms with E-state index in [9.17, 15) is 4.79 Å². The van der Waals surface area contributed by atoms with Crippen LogP contribution in [0.25, 0.3) is 0 Å². The van der Waals surface area contributed by atoms with Crippen molar-refractivity contribution in [1.82, 2.24) is 15.1 Å². The molecule has 0 spiro atoms. The predicted octanol–water partition coefficient (Wildman–Crippen LogP) is 3.18. The molecule has 3 unspecified atom stereocenters. The van der Waals surface area contributed by atoms with Crippen molar-refractivity contribution in [2.24, 2.45) is 17.8 Å². The molecule has 128 valence electrons. The Bertz CT molecular complexity index is 342. The minimum atomic E-state index is 0.132. The maximum absolute atomic E-state index is 12.2. The summed E-state index contributed by atoms with van der Waals surface area (Å²) < 4.78 is 0. The van der Waals surface area contributed by atoms with Gasteiger partial charge in [-0.3, -0.25) is 0 Å². The first-order valence-corrected chi connectivity index (χ1v) is 9.25. The number of rotatable bonds is 4. The molecule has 0 radical (unpaired) electrons. The van der Waals surface area contributed by atoms with Crippen LogP contribution in [0.4, 0.5) is 4.79 Å². The van der Waals surface area contributed by atoms with Crippen LogP contribution in [-0.2, 0) is 0 Å². The topological polar surface area (TPSA) is 35.6 Å². The first kappa shape index (κ1) is 17.6. The molecule has 22 heavy (non-hydrogen) atoms. The number of hydrogen-bond donors (Lipinski definition) is 1. The van der Waals surface area contributed by atoms with Gasteiger partial charge in [-0.25, -0.2) is 4.79 Å². The van der Waals surface area contributed by atoms with E-state index in [0.29, 0.717) is 0 Å². The highest BCUT2D eigenvalue weighted by molar-refractivity contribution is 5.74. The van der Waals surface area contributed by atoms with Crippen molar-refractivity contribution in [3.05, 3.63) is 0 Å². The summed E-state index contributed by atoms with van der Waals surface area (Å²) in [5.74, 6) is 2.44. The van der Waals surface area contributed by atoms with Gasteiger partial charge in [0.25, 0.3) is 0 Å². The average molecular weight is 309 g/mol. The molecule has 0 bridgehead atoms. The van der Waals surface area contributed by atoms with Crippen molar-refractivity contribution in [2.75, 3.05) is 32.7 Å². The molecule has 2 rings (SSSR count). The summed E-state index contributed by atoms with van der Waals surface area (Å²) in [5.41, 5.74) is 0. The summed E-state index contributed by atoms with van der Waals surface area (Å²) in [4.78, 5) is 16.8. The van der Waals surface area contributed by atoms with E-state index in [2.05, 4.69) is 37.9 Å². The lowest BCUT2D eigenvalue weighted by atomic mass is 9.89. The van der Waals surface area contributed by atoms with Gasteiger partial charge in [-0.15, -0.1) is 0 Å². The number of urea groups is 1. The van der Waals surface area contributed by atoms with E-state index < -0.39 is 0 Å². The van der Waals surface area contributed by atoms with E-state index in [0.717, 1.165) is 50.1 Å². The molecule has 0 saturated carbocycles. The molecule has 1 N–H and O–H groups in total. The molecule has 0 aromatic heterocycles. The average Bonchev–Trinajstić information content (AvgIpc) is 2.46. The molecule has 4 nitrogen and oxygen atoms in total. The quantitative estimate of drug-likeness (QED) is 0.865. The first-order valence-electron chi connectivity index (χ1n) is 9.25. The summed E-state index contributed by atoms with van der Waals surface area (Å²) >= 11 is 0. The monoisotopic (exact) mass is 309 g/mol. The van der Waals surface area contributed by atoms with Gasteiger partial charge in [0.05, 0.1) is 0 Å². The Morgan fingerprint density at radius 3 is 2.32 bits per heavy atom. The Morgan fingerprint density at radius 2 is 1.77 bits per heavy atom. The number of hydrogen-bond acceptors (Lipinski definition) is 2. The number of carbonyl (C=O) groups excluding carboxylic acids is 1. The van der Waals surface area contributed by atoms with Crippen LogP contribution in [0.1, 0.15) is 53.4 Å². The van der Waals surface area contributed by atoms with E-state index in [1.165, 1.54) is 26.1 Å². The maximum Gasteiger partial charge on any atom is 0.317 e. The molecule has 2 heterocycles. The minimum absolute atomic E-state index is 0.132. The molecule has 2 amide bonds. The van der Waals surface area contributed by atoms with Gasteiger partial charge in [-0.05, 0) is 50.4 Å². The number of likely N-dealkylation sites (tertiary alicyclic amines) is 2. The smallest absolute Gasteiger partial charge is 0.317 e. The highest BCUT2D eigenvalue weighted by Gasteiger charge is 2.27. The highest BCUT2D eigenvalue weighted by Crippen LogP contribution is 2.24. The van der Waals surface area contributed by atoms with E-state index in [4.69, 9.17) is 0 Å². The molecule has 0 aromatic rings. The number of nitrogens with one attached hydrogen (secondary N) is 1. The van der Waals surface area contributed by atoms with Gasteiger partial charge in [0.15, 0.2) is 0 Å². The zero-order valence-corrected chi connectivity index (χ0v) is 15.0. The van der Waals surface area contributed by atoms with Crippen LogP contribution in [0.5, 0.6) is 0 Å². The second-order valence-corrected chi connectivity index (χ2v) is 7.85. The summed E-state index contributed by atoms with van der Waals surface area (Å²) in [7, 11) is 0. The van der Waals surface area contributed by atoms with Crippen LogP contribution in [0.3, 0.4) is 0 Å². The largest absolute Gasteiger partial charge is 0.336 e. The summed E-state index contributed by atoms with van der Waals surface area (Å²) in [5, 5.41) is 3.08. The Balaban J connectivity index is 1.72. The third-order valence-electron chi connectivity index (χ3n) is 5.34. The van der Waals surface area contributed by atoms with E-state index in [1.54, 1.807) is 0 Å². The van der Waals surface area contributed by atoms with Crippen LogP contribution >= 0.6 is 0 Å². The fraction of sp³-hybridized carbons (Fsp3) is 0.944. The van der Waals surface area contributed by atoms with Gasteiger partial charge in [0, 0.05) is 38.8 Å². The van der Waals surface area contributed by atoms with Crippen LogP contribution in [-0.4, -0.2) is 54.6 Å². The third-order valence-corrected chi connectivity index (χ3v) is 5.34. The second-order valence-electron chi connectivity index (χ2n) is 7.85. The zero-order chi connectivity index (χ0) is 16.1. The minimum Gasteiger partial charge on any atom is -0.336 e. The molecule has 4 heteroatoms. The van der Waals surface area contributed by atoms with Crippen LogP contribution in [0.15, 0.2) is 0 Å². The summed E-state index contributed by atoms with van der Waals surface area (Å²) in [6.45, 7) is 14.5. The molecule has 2 fully saturated rings. The Kier molecular flexibility index (Phi) is 6.54. The Hall–Kier alpha value is -0.770. The van der Waals surface area contributed by atoms with Crippen LogP contribution in [0, 0.1) is 17.8 Å². The third kappa shape index (κ3) is 5.15. The molecule has 0 aromatic carbocycles. The van der Waals surface area contributed by atoms with Crippen molar-refractivity contribution < 1.29 is 4.79 Å². The maximum atomic E-state index is 12.2. The fourth-order valence-corrected chi connectivity index (χ4v) is 4.03. The van der Waals surface area contributed by atoms with Gasteiger partial charge in [-0.1, -0.05) is 20.8 Å². The van der Waals surface area contributed by atoms with Crippen molar-refractivity contribution >= 4 is 6.03 Å². The summed E-state index contributed by atoms with van der Waals surface area (Å²) in [6.07, 6.45) is 4.69. The first-order chi connectivity index (χ1) is 10.5. The number of nitrogens with zero attached hydrogens (tertiary/aromatic N) is 2. The van der Waals surface area contributed by atoms with Crippen molar-refractivity contribution in [1.29, 1.82) is 0 Å². The molecule has 2 saturated heterocycles. The number of amides is 2. The Morgan fingerprint density at radius 1 is 1.18 bits per heavy atom. The van der Waals surface area contributed by atoms with E-state index in [1.807, 2.05) is 4.90 Å². The number of piperidine rings is 2. The lowest BCUT2D eigenvalue weighted by molar-refractivity contribution is 0.0992. The van der Waals surface area contributed by atoms with E-state index in [-0.39, 0.29) is 12.1 Å². The van der Waals surface area contributed by atoms with Gasteiger partial charge >= 0.3 is 6.03 Å². The van der Waals surface area contributed by atoms with Crippen molar-refractivity contribution in [3.8, 4) is 0 Å². The van der Waals surface area contributed by atoms with Crippen molar-refractivity contribution in [3.63, 3.8) is 0 Å². The second kappa shape index (κ2) is 8.19. The van der Waals surface area contributed by atoms with Gasteiger partial charge in [0.2, 0.25) is 0 Å². The fourth-order valence-electron chi connectivity index (χ4n) is 4.03. The molecule has 0 aliphatic carbocycles.